The number of hydrogen-bond acceptors (Lipinski definition) is 5. The van der Waals surface area contributed by atoms with Gasteiger partial charge in [-0.15, -0.1) is 5.10 Å². The quantitative estimate of drug-likeness (QED) is 0.812. The van der Waals surface area contributed by atoms with Crippen molar-refractivity contribution in [3.05, 3.63) is 11.1 Å². The second-order valence-corrected chi connectivity index (χ2v) is 4.26. The SMILES string of the molecule is CC1OCCC1CNCc1csnn1. The van der Waals surface area contributed by atoms with Gasteiger partial charge in [-0.2, -0.15) is 0 Å². The molecule has 1 aliphatic heterocycles. The fourth-order valence-corrected chi connectivity index (χ4v) is 2.14. The smallest absolute Gasteiger partial charge is 0.0893 e. The average Bonchev–Trinajstić information content (AvgIpc) is 2.78. The Labute approximate surface area is 87.8 Å². The van der Waals surface area contributed by atoms with Gasteiger partial charge in [0.25, 0.3) is 0 Å². The van der Waals surface area contributed by atoms with E-state index in [1.807, 2.05) is 5.38 Å². The van der Waals surface area contributed by atoms with Crippen molar-refractivity contribution in [3.63, 3.8) is 0 Å². The normalized spacial score (nSPS) is 26.9. The van der Waals surface area contributed by atoms with Crippen molar-refractivity contribution in [1.29, 1.82) is 0 Å². The van der Waals surface area contributed by atoms with Crippen LogP contribution in [0.15, 0.2) is 5.38 Å². The van der Waals surface area contributed by atoms with Crippen LogP contribution in [0.3, 0.4) is 0 Å². The van der Waals surface area contributed by atoms with E-state index in [1.165, 1.54) is 18.0 Å². The molecule has 0 aromatic carbocycles. The summed E-state index contributed by atoms with van der Waals surface area (Å²) in [4.78, 5) is 0. The second-order valence-electron chi connectivity index (χ2n) is 3.65. The molecule has 0 spiro atoms. The van der Waals surface area contributed by atoms with Gasteiger partial charge < -0.3 is 10.1 Å². The zero-order valence-electron chi connectivity index (χ0n) is 8.27. The van der Waals surface area contributed by atoms with E-state index in [9.17, 15) is 0 Å². The Morgan fingerprint density at radius 3 is 3.29 bits per heavy atom. The van der Waals surface area contributed by atoms with Crippen LogP contribution in [0.25, 0.3) is 0 Å². The molecule has 14 heavy (non-hydrogen) atoms. The van der Waals surface area contributed by atoms with Gasteiger partial charge in [-0.3, -0.25) is 0 Å². The van der Waals surface area contributed by atoms with Gasteiger partial charge >= 0.3 is 0 Å². The van der Waals surface area contributed by atoms with Crippen molar-refractivity contribution >= 4 is 11.5 Å². The minimum atomic E-state index is 0.399. The summed E-state index contributed by atoms with van der Waals surface area (Å²) in [5.41, 5.74) is 1.03. The van der Waals surface area contributed by atoms with Crippen LogP contribution in [0.5, 0.6) is 0 Å². The molecule has 0 aliphatic carbocycles. The van der Waals surface area contributed by atoms with Crippen molar-refractivity contribution in [2.75, 3.05) is 13.2 Å². The largest absolute Gasteiger partial charge is 0.378 e. The molecule has 1 N–H and O–H groups in total. The first-order valence-electron chi connectivity index (χ1n) is 4.94. The molecule has 2 atom stereocenters. The summed E-state index contributed by atoms with van der Waals surface area (Å²) in [6.07, 6.45) is 1.57. The number of ether oxygens (including phenoxy) is 1. The van der Waals surface area contributed by atoms with Gasteiger partial charge in [0.2, 0.25) is 0 Å². The van der Waals surface area contributed by atoms with Gasteiger partial charge in [0.15, 0.2) is 0 Å². The van der Waals surface area contributed by atoms with E-state index in [0.29, 0.717) is 12.0 Å². The monoisotopic (exact) mass is 213 g/mol. The van der Waals surface area contributed by atoms with Crippen LogP contribution in [0.2, 0.25) is 0 Å². The third-order valence-corrected chi connectivity index (χ3v) is 3.20. The summed E-state index contributed by atoms with van der Waals surface area (Å²) < 4.78 is 9.30. The molecule has 2 rings (SSSR count). The lowest BCUT2D eigenvalue weighted by atomic mass is 10.0. The van der Waals surface area contributed by atoms with Gasteiger partial charge in [0, 0.05) is 25.1 Å². The van der Waals surface area contributed by atoms with E-state index in [2.05, 4.69) is 21.8 Å². The van der Waals surface area contributed by atoms with Crippen LogP contribution >= 0.6 is 11.5 Å². The number of hydrogen-bond donors (Lipinski definition) is 1. The molecule has 1 fully saturated rings. The number of nitrogens with one attached hydrogen (secondary N) is 1. The van der Waals surface area contributed by atoms with Crippen LogP contribution in [-0.2, 0) is 11.3 Å². The molecular weight excluding hydrogens is 198 g/mol. The molecule has 1 saturated heterocycles. The molecule has 0 saturated carbocycles. The van der Waals surface area contributed by atoms with Crippen LogP contribution < -0.4 is 5.32 Å². The molecular formula is C9H15N3OS. The van der Waals surface area contributed by atoms with Crippen LogP contribution in [0.4, 0.5) is 0 Å². The number of rotatable bonds is 4. The summed E-state index contributed by atoms with van der Waals surface area (Å²) in [6.45, 7) is 4.88. The maximum absolute atomic E-state index is 5.49. The third kappa shape index (κ3) is 2.50. The molecule has 5 heteroatoms. The number of nitrogens with zero attached hydrogens (tertiary/aromatic N) is 2. The highest BCUT2D eigenvalue weighted by Crippen LogP contribution is 2.19. The Morgan fingerprint density at radius 2 is 2.64 bits per heavy atom. The summed E-state index contributed by atoms with van der Waals surface area (Å²) >= 11 is 1.40. The molecule has 2 heterocycles. The van der Waals surface area contributed by atoms with Crippen LogP contribution in [0, 0.1) is 5.92 Å². The first-order valence-corrected chi connectivity index (χ1v) is 5.78. The predicted octanol–water partition coefficient (Wildman–Crippen LogP) is 1.05. The zero-order chi connectivity index (χ0) is 9.80. The van der Waals surface area contributed by atoms with Crippen LogP contribution in [-0.4, -0.2) is 28.8 Å². The maximum Gasteiger partial charge on any atom is 0.0893 e. The molecule has 4 nitrogen and oxygen atoms in total. The van der Waals surface area contributed by atoms with Crippen molar-refractivity contribution in [1.82, 2.24) is 14.9 Å². The van der Waals surface area contributed by atoms with Gasteiger partial charge in [-0.1, -0.05) is 4.49 Å². The molecule has 1 aliphatic rings. The molecule has 0 bridgehead atoms. The third-order valence-electron chi connectivity index (χ3n) is 2.65. The highest BCUT2D eigenvalue weighted by Gasteiger charge is 2.23. The van der Waals surface area contributed by atoms with Crippen molar-refractivity contribution in [2.24, 2.45) is 5.92 Å². The van der Waals surface area contributed by atoms with E-state index >= 15 is 0 Å². The van der Waals surface area contributed by atoms with Crippen molar-refractivity contribution in [3.8, 4) is 0 Å². The van der Waals surface area contributed by atoms with Gasteiger partial charge in [0.1, 0.15) is 0 Å². The molecule has 78 valence electrons. The second kappa shape index (κ2) is 4.82. The predicted molar refractivity (Wildman–Crippen MR) is 55.1 cm³/mol. The Hall–Kier alpha value is -0.520. The van der Waals surface area contributed by atoms with Gasteiger partial charge in [-0.25, -0.2) is 0 Å². The standard InChI is InChI=1S/C9H15N3OS/c1-7-8(2-3-13-7)4-10-5-9-6-14-12-11-9/h6-8,10H,2-5H2,1H3. The highest BCUT2D eigenvalue weighted by molar-refractivity contribution is 7.03. The summed E-state index contributed by atoms with van der Waals surface area (Å²) in [5, 5.41) is 9.33. The summed E-state index contributed by atoms with van der Waals surface area (Å²) in [6, 6.07) is 0. The lowest BCUT2D eigenvalue weighted by molar-refractivity contribution is 0.105. The summed E-state index contributed by atoms with van der Waals surface area (Å²) in [7, 11) is 0. The first-order chi connectivity index (χ1) is 6.86. The van der Waals surface area contributed by atoms with E-state index < -0.39 is 0 Å². The van der Waals surface area contributed by atoms with E-state index in [0.717, 1.165) is 25.4 Å². The molecule has 1 aromatic rings. The Morgan fingerprint density at radius 1 is 1.71 bits per heavy atom. The molecule has 2 unspecified atom stereocenters. The minimum absolute atomic E-state index is 0.399. The Balaban J connectivity index is 1.68. The van der Waals surface area contributed by atoms with E-state index in [1.54, 1.807) is 0 Å². The fourth-order valence-electron chi connectivity index (χ4n) is 1.69. The van der Waals surface area contributed by atoms with Gasteiger partial charge in [0.05, 0.1) is 11.8 Å². The Bertz CT molecular complexity index is 265. The first kappa shape index (κ1) is 10.0. The topological polar surface area (TPSA) is 47.0 Å². The van der Waals surface area contributed by atoms with Gasteiger partial charge in [-0.05, 0) is 30.8 Å². The van der Waals surface area contributed by atoms with Crippen molar-refractivity contribution < 1.29 is 4.74 Å². The molecule has 0 amide bonds. The van der Waals surface area contributed by atoms with E-state index in [-0.39, 0.29) is 0 Å². The maximum atomic E-state index is 5.49. The number of aromatic nitrogens is 2. The fraction of sp³-hybridized carbons (Fsp3) is 0.778. The summed E-state index contributed by atoms with van der Waals surface area (Å²) in [5.74, 6) is 0.654. The highest BCUT2D eigenvalue weighted by atomic mass is 32.1. The lowest BCUT2D eigenvalue weighted by Gasteiger charge is -2.13. The molecule has 1 aromatic heterocycles. The van der Waals surface area contributed by atoms with E-state index in [4.69, 9.17) is 4.74 Å². The minimum Gasteiger partial charge on any atom is -0.378 e. The van der Waals surface area contributed by atoms with Crippen molar-refractivity contribution in [2.45, 2.75) is 26.0 Å². The van der Waals surface area contributed by atoms with Crippen LogP contribution in [0.1, 0.15) is 19.0 Å². The lowest BCUT2D eigenvalue weighted by Crippen LogP contribution is -2.26. The molecule has 0 radical (unpaired) electrons. The Kier molecular flexibility index (Phi) is 3.44. The zero-order valence-corrected chi connectivity index (χ0v) is 9.09. The average molecular weight is 213 g/mol.